The third-order valence-electron chi connectivity index (χ3n) is 5.83. The van der Waals surface area contributed by atoms with E-state index in [1.807, 2.05) is 73.7 Å². The number of hydrogen-bond acceptors (Lipinski definition) is 5. The number of nitrogens with two attached hydrogens (primary N) is 1. The predicted octanol–water partition coefficient (Wildman–Crippen LogP) is 6.26. The van der Waals surface area contributed by atoms with E-state index in [9.17, 15) is 9.59 Å². The van der Waals surface area contributed by atoms with Crippen molar-refractivity contribution in [2.24, 2.45) is 5.73 Å². The second-order valence-corrected chi connectivity index (χ2v) is 10.9. The molecular weight excluding hydrogens is 582 g/mol. The number of carbonyl (C=O) groups is 2. The van der Waals surface area contributed by atoms with Gasteiger partial charge in [-0.3, -0.25) is 14.9 Å². The van der Waals surface area contributed by atoms with E-state index >= 15 is 0 Å². The smallest absolute Gasteiger partial charge is 0.261 e. The fraction of sp³-hybridized carbons (Fsp3) is 0.138. The number of halogens is 1. The van der Waals surface area contributed by atoms with Gasteiger partial charge in [-0.25, -0.2) is 0 Å². The fourth-order valence-electron chi connectivity index (χ4n) is 3.93. The molecule has 0 spiro atoms. The molecule has 0 aliphatic heterocycles. The molecule has 4 rings (SSSR count). The Bertz CT molecular complexity index is 1460. The van der Waals surface area contributed by atoms with Gasteiger partial charge in [0.25, 0.3) is 11.8 Å². The number of benzene rings is 3. The average Bonchev–Trinajstić information content (AvgIpc) is 3.20. The van der Waals surface area contributed by atoms with Crippen molar-refractivity contribution in [1.29, 1.82) is 0 Å². The number of ether oxygens (including phenoxy) is 1. The van der Waals surface area contributed by atoms with Gasteiger partial charge in [-0.15, -0.1) is 11.3 Å². The minimum absolute atomic E-state index is 0.0558. The van der Waals surface area contributed by atoms with Gasteiger partial charge in [0.2, 0.25) is 0 Å². The van der Waals surface area contributed by atoms with Crippen LogP contribution in [0.15, 0.2) is 83.3 Å². The summed E-state index contributed by atoms with van der Waals surface area (Å²) in [6.07, 6.45) is 1.36. The van der Waals surface area contributed by atoms with Crippen LogP contribution in [0.25, 0.3) is 0 Å². The minimum Gasteiger partial charge on any atom is -0.492 e. The lowest BCUT2D eigenvalue weighted by molar-refractivity contribution is 0.0971. The van der Waals surface area contributed by atoms with Crippen molar-refractivity contribution in [3.63, 3.8) is 0 Å². The number of thiophene rings is 1. The minimum atomic E-state index is -0.559. The van der Waals surface area contributed by atoms with Crippen LogP contribution in [0.5, 0.6) is 5.75 Å². The van der Waals surface area contributed by atoms with Crippen molar-refractivity contribution >= 4 is 61.4 Å². The highest BCUT2D eigenvalue weighted by Crippen LogP contribution is 2.34. The SMILES string of the molecule is Cc1c(Cc2ccccc2)sc(NC(=S)NC(=O)c2cc(Br)ccc2OCCc2ccccc2)c1C(N)=O. The number of primary amides is 1. The Labute approximate surface area is 239 Å². The molecule has 1 heterocycles. The van der Waals surface area contributed by atoms with Crippen molar-refractivity contribution in [2.45, 2.75) is 19.8 Å². The largest absolute Gasteiger partial charge is 0.492 e. The Morgan fingerprint density at radius 2 is 1.66 bits per heavy atom. The number of carbonyl (C=O) groups excluding carboxylic acids is 2. The van der Waals surface area contributed by atoms with E-state index in [0.29, 0.717) is 41.3 Å². The van der Waals surface area contributed by atoms with Gasteiger partial charge in [0.05, 0.1) is 17.7 Å². The van der Waals surface area contributed by atoms with Gasteiger partial charge >= 0.3 is 0 Å². The zero-order chi connectivity index (χ0) is 27.1. The molecule has 0 saturated heterocycles. The maximum atomic E-state index is 13.2. The third-order valence-corrected chi connectivity index (χ3v) is 7.74. The zero-order valence-corrected chi connectivity index (χ0v) is 23.8. The number of thiocarbonyl (C=S) groups is 1. The van der Waals surface area contributed by atoms with Gasteiger partial charge in [-0.2, -0.15) is 0 Å². The number of anilines is 1. The van der Waals surface area contributed by atoms with Crippen LogP contribution < -0.4 is 21.1 Å². The Hall–Kier alpha value is -3.53. The third kappa shape index (κ3) is 7.06. The number of nitrogens with one attached hydrogen (secondary N) is 2. The summed E-state index contributed by atoms with van der Waals surface area (Å²) in [6.45, 7) is 2.28. The summed E-state index contributed by atoms with van der Waals surface area (Å²) in [5.41, 5.74) is 9.44. The van der Waals surface area contributed by atoms with Crippen LogP contribution in [0.2, 0.25) is 0 Å². The molecular formula is C29H26BrN3O3S2. The summed E-state index contributed by atoms with van der Waals surface area (Å²) in [5.74, 6) is -0.549. The van der Waals surface area contributed by atoms with Gasteiger partial charge in [-0.05, 0) is 54.0 Å². The standard InChI is InChI=1S/C29H26BrN3O3S2/c1-18-24(16-20-10-6-3-7-11-20)38-28(25(18)26(31)34)33-29(37)32-27(35)22-17-21(30)12-13-23(22)36-15-14-19-8-4-2-5-9-19/h2-13,17H,14-16H2,1H3,(H2,31,34)(H2,32,33,35,37). The summed E-state index contributed by atoms with van der Waals surface area (Å²) >= 11 is 10.2. The summed E-state index contributed by atoms with van der Waals surface area (Å²) in [4.78, 5) is 26.4. The molecule has 0 atom stereocenters. The van der Waals surface area contributed by atoms with Gasteiger partial charge < -0.3 is 15.8 Å². The highest BCUT2D eigenvalue weighted by molar-refractivity contribution is 9.10. The van der Waals surface area contributed by atoms with Crippen LogP contribution in [-0.4, -0.2) is 23.5 Å². The monoisotopic (exact) mass is 607 g/mol. The summed E-state index contributed by atoms with van der Waals surface area (Å²) in [6, 6.07) is 25.2. The van der Waals surface area contributed by atoms with Crippen molar-refractivity contribution in [3.05, 3.63) is 116 Å². The van der Waals surface area contributed by atoms with E-state index in [1.54, 1.807) is 12.1 Å². The van der Waals surface area contributed by atoms with Crippen molar-refractivity contribution in [3.8, 4) is 5.75 Å². The Balaban J connectivity index is 1.46. The Kier molecular flexibility index (Phi) is 9.28. The van der Waals surface area contributed by atoms with Crippen LogP contribution in [0.3, 0.4) is 0 Å². The number of hydrogen-bond donors (Lipinski definition) is 3. The van der Waals surface area contributed by atoms with Crippen molar-refractivity contribution in [1.82, 2.24) is 5.32 Å². The van der Waals surface area contributed by atoms with Crippen LogP contribution in [0.1, 0.15) is 42.3 Å². The first-order valence-electron chi connectivity index (χ1n) is 11.9. The molecule has 0 aliphatic rings. The van der Waals surface area contributed by atoms with Crippen molar-refractivity contribution < 1.29 is 14.3 Å². The maximum absolute atomic E-state index is 13.2. The zero-order valence-electron chi connectivity index (χ0n) is 20.6. The summed E-state index contributed by atoms with van der Waals surface area (Å²) in [7, 11) is 0. The average molecular weight is 609 g/mol. The number of amides is 2. The first-order chi connectivity index (χ1) is 18.3. The molecule has 0 saturated carbocycles. The van der Waals surface area contributed by atoms with Gasteiger partial charge in [0, 0.05) is 22.2 Å². The Morgan fingerprint density at radius 1 is 1.00 bits per heavy atom. The van der Waals surface area contributed by atoms with E-state index in [2.05, 4.69) is 26.6 Å². The molecule has 38 heavy (non-hydrogen) atoms. The molecule has 2 amide bonds. The summed E-state index contributed by atoms with van der Waals surface area (Å²) in [5, 5.41) is 6.26. The molecule has 0 fully saturated rings. The Morgan fingerprint density at radius 3 is 2.32 bits per heavy atom. The van der Waals surface area contributed by atoms with E-state index in [4.69, 9.17) is 22.7 Å². The second kappa shape index (κ2) is 12.8. The van der Waals surface area contributed by atoms with E-state index in [0.717, 1.165) is 26.0 Å². The molecule has 0 bridgehead atoms. The lowest BCUT2D eigenvalue weighted by atomic mass is 10.1. The molecule has 4 N–H and O–H groups in total. The van der Waals surface area contributed by atoms with E-state index < -0.39 is 11.8 Å². The van der Waals surface area contributed by atoms with Gasteiger partial charge in [0.15, 0.2) is 5.11 Å². The molecule has 3 aromatic carbocycles. The van der Waals surface area contributed by atoms with E-state index in [-0.39, 0.29) is 5.11 Å². The molecule has 0 radical (unpaired) electrons. The first kappa shape index (κ1) is 27.5. The van der Waals surface area contributed by atoms with E-state index in [1.165, 1.54) is 11.3 Å². The van der Waals surface area contributed by atoms with Crippen LogP contribution in [-0.2, 0) is 12.8 Å². The summed E-state index contributed by atoms with van der Waals surface area (Å²) < 4.78 is 6.67. The fourth-order valence-corrected chi connectivity index (χ4v) is 5.80. The molecule has 0 unspecified atom stereocenters. The molecule has 6 nitrogen and oxygen atoms in total. The van der Waals surface area contributed by atoms with Crippen LogP contribution >= 0.6 is 39.5 Å². The van der Waals surface area contributed by atoms with Gasteiger partial charge in [0.1, 0.15) is 10.8 Å². The molecule has 194 valence electrons. The molecule has 1 aromatic heterocycles. The molecule has 9 heteroatoms. The van der Waals surface area contributed by atoms with Crippen molar-refractivity contribution in [2.75, 3.05) is 11.9 Å². The highest BCUT2D eigenvalue weighted by atomic mass is 79.9. The quantitative estimate of drug-likeness (QED) is 0.195. The lowest BCUT2D eigenvalue weighted by Gasteiger charge is -2.13. The molecule has 0 aliphatic carbocycles. The first-order valence-corrected chi connectivity index (χ1v) is 13.9. The normalized spacial score (nSPS) is 10.6. The maximum Gasteiger partial charge on any atom is 0.261 e. The van der Waals surface area contributed by atoms with Crippen LogP contribution in [0.4, 0.5) is 5.00 Å². The number of rotatable bonds is 9. The lowest BCUT2D eigenvalue weighted by Crippen LogP contribution is -2.34. The molecule has 4 aromatic rings. The second-order valence-electron chi connectivity index (χ2n) is 8.51. The van der Waals surface area contributed by atoms with Gasteiger partial charge in [-0.1, -0.05) is 76.6 Å². The topological polar surface area (TPSA) is 93.4 Å². The predicted molar refractivity (Wildman–Crippen MR) is 160 cm³/mol. The van der Waals surface area contributed by atoms with Crippen LogP contribution in [0, 0.1) is 6.92 Å². The highest BCUT2D eigenvalue weighted by Gasteiger charge is 2.21.